The fourth-order valence-corrected chi connectivity index (χ4v) is 5.28. The van der Waals surface area contributed by atoms with Crippen molar-refractivity contribution in [3.05, 3.63) is 35.4 Å². The Morgan fingerprint density at radius 2 is 2.23 bits per heavy atom. The monoisotopic (exact) mass is 405 g/mol. The number of thiophene rings is 1. The van der Waals surface area contributed by atoms with E-state index in [-0.39, 0.29) is 5.88 Å². The molecule has 26 heavy (non-hydrogen) atoms. The van der Waals surface area contributed by atoms with Gasteiger partial charge in [0.2, 0.25) is 0 Å². The van der Waals surface area contributed by atoms with Crippen LogP contribution in [0.25, 0.3) is 20.5 Å². The molecule has 1 aliphatic rings. The topological polar surface area (TPSA) is 64.1 Å². The van der Waals surface area contributed by atoms with Crippen molar-refractivity contribution in [3.8, 4) is 16.3 Å². The standard InChI is InChI=1S/C18H16ClN3O2S2/c1-10(23)24-18-16-14(17(21-22-18)20-13-5-6-25-9-13)8-15(26-16)11-3-2-4-12(19)7-11/h2-4,7-8,13H,5-6,9H2,1H3,(H,20,21). The summed E-state index contributed by atoms with van der Waals surface area (Å²) in [4.78, 5) is 12.4. The number of aromatic nitrogens is 2. The highest BCUT2D eigenvalue weighted by Crippen LogP contribution is 2.41. The van der Waals surface area contributed by atoms with Crippen molar-refractivity contribution in [3.63, 3.8) is 0 Å². The molecular weight excluding hydrogens is 390 g/mol. The van der Waals surface area contributed by atoms with Gasteiger partial charge < -0.3 is 10.1 Å². The van der Waals surface area contributed by atoms with E-state index in [1.54, 1.807) is 0 Å². The van der Waals surface area contributed by atoms with Crippen LogP contribution in [0.1, 0.15) is 13.3 Å². The van der Waals surface area contributed by atoms with Gasteiger partial charge in [0, 0.05) is 34.0 Å². The van der Waals surface area contributed by atoms with E-state index in [0.717, 1.165) is 44.3 Å². The Labute approximate surface area is 164 Å². The molecule has 8 heteroatoms. The van der Waals surface area contributed by atoms with Gasteiger partial charge in [-0.15, -0.1) is 21.5 Å². The highest BCUT2D eigenvalue weighted by molar-refractivity contribution is 7.99. The van der Waals surface area contributed by atoms with E-state index in [1.165, 1.54) is 18.3 Å². The van der Waals surface area contributed by atoms with E-state index >= 15 is 0 Å². The Hall–Kier alpha value is -1.83. The molecule has 0 amide bonds. The molecule has 2 aromatic heterocycles. The van der Waals surface area contributed by atoms with Crippen molar-refractivity contribution in [2.24, 2.45) is 0 Å². The largest absolute Gasteiger partial charge is 0.404 e. The van der Waals surface area contributed by atoms with Crippen molar-refractivity contribution in [2.45, 2.75) is 19.4 Å². The van der Waals surface area contributed by atoms with Gasteiger partial charge in [-0.1, -0.05) is 23.7 Å². The fourth-order valence-electron chi connectivity index (χ4n) is 2.86. The molecule has 0 aliphatic carbocycles. The number of fused-ring (bicyclic) bond motifs is 1. The smallest absolute Gasteiger partial charge is 0.309 e. The first kappa shape index (κ1) is 17.6. The number of rotatable bonds is 4. The van der Waals surface area contributed by atoms with Gasteiger partial charge in [0.25, 0.3) is 5.88 Å². The van der Waals surface area contributed by atoms with Gasteiger partial charge in [-0.2, -0.15) is 11.8 Å². The minimum atomic E-state index is -0.411. The maximum absolute atomic E-state index is 11.4. The second kappa shape index (κ2) is 7.42. The molecule has 4 rings (SSSR count). The third kappa shape index (κ3) is 3.65. The van der Waals surface area contributed by atoms with Crippen molar-refractivity contribution in [1.82, 2.24) is 10.2 Å². The molecule has 0 bridgehead atoms. The Morgan fingerprint density at radius 3 is 2.96 bits per heavy atom. The first-order valence-electron chi connectivity index (χ1n) is 8.19. The summed E-state index contributed by atoms with van der Waals surface area (Å²) in [7, 11) is 0. The van der Waals surface area contributed by atoms with Crippen molar-refractivity contribution < 1.29 is 9.53 Å². The van der Waals surface area contributed by atoms with Crippen LogP contribution in [0.5, 0.6) is 5.88 Å². The van der Waals surface area contributed by atoms with Gasteiger partial charge in [0.15, 0.2) is 5.82 Å². The summed E-state index contributed by atoms with van der Waals surface area (Å²) in [6, 6.07) is 10.1. The molecule has 134 valence electrons. The molecule has 5 nitrogen and oxygen atoms in total. The Balaban J connectivity index is 1.81. The first-order chi connectivity index (χ1) is 12.6. The van der Waals surface area contributed by atoms with Gasteiger partial charge in [0.1, 0.15) is 4.70 Å². The number of nitrogens with zero attached hydrogens (tertiary/aromatic N) is 2. The lowest BCUT2D eigenvalue weighted by atomic mass is 10.1. The molecule has 0 radical (unpaired) electrons. The van der Waals surface area contributed by atoms with Crippen LogP contribution >= 0.6 is 34.7 Å². The number of nitrogens with one attached hydrogen (secondary N) is 1. The van der Waals surface area contributed by atoms with Gasteiger partial charge in [-0.25, -0.2) is 0 Å². The summed E-state index contributed by atoms with van der Waals surface area (Å²) in [6.45, 7) is 1.36. The third-order valence-electron chi connectivity index (χ3n) is 4.04. The van der Waals surface area contributed by atoms with Gasteiger partial charge in [-0.05, 0) is 35.9 Å². The molecule has 1 aromatic carbocycles. The third-order valence-corrected chi connectivity index (χ3v) is 6.61. The fraction of sp³-hybridized carbons (Fsp3) is 0.278. The van der Waals surface area contributed by atoms with E-state index in [9.17, 15) is 4.79 Å². The molecule has 3 aromatic rings. The van der Waals surface area contributed by atoms with E-state index in [2.05, 4.69) is 21.6 Å². The molecular formula is C18H16ClN3O2S2. The number of hydrogen-bond acceptors (Lipinski definition) is 7. The second-order valence-electron chi connectivity index (χ2n) is 6.02. The minimum Gasteiger partial charge on any atom is -0.404 e. The van der Waals surface area contributed by atoms with Crippen LogP contribution in [0.15, 0.2) is 30.3 Å². The van der Waals surface area contributed by atoms with Gasteiger partial charge in [0.05, 0.1) is 0 Å². The molecule has 1 atom stereocenters. The molecule has 1 N–H and O–H groups in total. The van der Waals surface area contributed by atoms with Crippen LogP contribution in [0.2, 0.25) is 5.02 Å². The van der Waals surface area contributed by atoms with Crippen molar-refractivity contribution in [1.29, 1.82) is 0 Å². The number of carbonyl (C=O) groups is 1. The van der Waals surface area contributed by atoms with Gasteiger partial charge >= 0.3 is 5.97 Å². The number of halogens is 1. The molecule has 3 heterocycles. The van der Waals surface area contributed by atoms with Crippen LogP contribution in [0.4, 0.5) is 5.82 Å². The average Bonchev–Trinajstić information content (AvgIpc) is 3.26. The average molecular weight is 406 g/mol. The summed E-state index contributed by atoms with van der Waals surface area (Å²) >= 11 is 9.58. The van der Waals surface area contributed by atoms with Crippen LogP contribution in [0.3, 0.4) is 0 Å². The maximum Gasteiger partial charge on any atom is 0.309 e. The zero-order chi connectivity index (χ0) is 18.1. The molecule has 1 unspecified atom stereocenters. The normalized spacial score (nSPS) is 16.8. The van der Waals surface area contributed by atoms with Crippen LogP contribution in [-0.2, 0) is 4.79 Å². The number of anilines is 1. The first-order valence-corrected chi connectivity index (χ1v) is 10.5. The minimum absolute atomic E-state index is 0.247. The van der Waals surface area contributed by atoms with E-state index in [1.807, 2.05) is 36.0 Å². The Morgan fingerprint density at radius 1 is 1.35 bits per heavy atom. The number of thioether (sulfide) groups is 1. The summed E-state index contributed by atoms with van der Waals surface area (Å²) in [5.74, 6) is 2.77. The summed E-state index contributed by atoms with van der Waals surface area (Å²) in [5.41, 5.74) is 1.01. The SMILES string of the molecule is CC(=O)Oc1nnc(NC2CCSC2)c2cc(-c3cccc(Cl)c3)sc12. The molecule has 0 spiro atoms. The predicted molar refractivity (Wildman–Crippen MR) is 109 cm³/mol. The lowest BCUT2D eigenvalue weighted by molar-refractivity contribution is -0.132. The zero-order valence-electron chi connectivity index (χ0n) is 14.0. The van der Waals surface area contributed by atoms with Crippen molar-refractivity contribution in [2.75, 3.05) is 16.8 Å². The lowest BCUT2D eigenvalue weighted by Gasteiger charge is -2.12. The molecule has 0 saturated carbocycles. The van der Waals surface area contributed by atoms with Crippen molar-refractivity contribution >= 4 is 56.6 Å². The van der Waals surface area contributed by atoms with Gasteiger partial charge in [-0.3, -0.25) is 4.79 Å². The number of esters is 1. The number of benzene rings is 1. The van der Waals surface area contributed by atoms with E-state index in [0.29, 0.717) is 11.1 Å². The van der Waals surface area contributed by atoms with E-state index in [4.69, 9.17) is 16.3 Å². The zero-order valence-corrected chi connectivity index (χ0v) is 16.4. The number of ether oxygens (including phenoxy) is 1. The highest BCUT2D eigenvalue weighted by Gasteiger charge is 2.21. The number of hydrogen-bond donors (Lipinski definition) is 1. The van der Waals surface area contributed by atoms with Crippen LogP contribution in [-0.4, -0.2) is 33.7 Å². The summed E-state index contributed by atoms with van der Waals surface area (Å²) < 4.78 is 6.07. The lowest BCUT2D eigenvalue weighted by Crippen LogP contribution is -2.19. The Bertz CT molecular complexity index is 970. The summed E-state index contributed by atoms with van der Waals surface area (Å²) in [6.07, 6.45) is 1.10. The van der Waals surface area contributed by atoms with Crippen LogP contribution < -0.4 is 10.1 Å². The number of carbonyl (C=O) groups excluding carboxylic acids is 1. The molecule has 1 aliphatic heterocycles. The molecule has 1 saturated heterocycles. The second-order valence-corrected chi connectivity index (χ2v) is 8.65. The quantitative estimate of drug-likeness (QED) is 0.625. The highest BCUT2D eigenvalue weighted by atomic mass is 35.5. The van der Waals surface area contributed by atoms with Crippen LogP contribution in [0, 0.1) is 0 Å². The Kier molecular flexibility index (Phi) is 5.02. The maximum atomic E-state index is 11.4. The van der Waals surface area contributed by atoms with E-state index < -0.39 is 5.97 Å². The predicted octanol–water partition coefficient (Wildman–Crippen LogP) is 4.85. The molecule has 1 fully saturated rings. The summed E-state index contributed by atoms with van der Waals surface area (Å²) in [5, 5.41) is 13.5.